The molecule has 0 aliphatic carbocycles. The molecule has 9 nitrogen and oxygen atoms in total. The number of hydrogen-bond donors (Lipinski definition) is 4. The van der Waals surface area contributed by atoms with Crippen molar-refractivity contribution in [3.05, 3.63) is 59.3 Å². The van der Waals surface area contributed by atoms with Gasteiger partial charge in [-0.3, -0.25) is 4.68 Å². The first-order valence-corrected chi connectivity index (χ1v) is 10.1. The van der Waals surface area contributed by atoms with Gasteiger partial charge in [-0.25, -0.2) is 20.8 Å². The molecular weight excluding hydrogens is 425 g/mol. The predicted molar refractivity (Wildman–Crippen MR) is 121 cm³/mol. The number of piperidine rings is 1. The van der Waals surface area contributed by atoms with Gasteiger partial charge in [0.05, 0.1) is 34.9 Å². The van der Waals surface area contributed by atoms with Crippen LogP contribution in [0.15, 0.2) is 58.6 Å². The highest BCUT2D eigenvalue weighted by atomic mass is 35.5. The molecule has 158 valence electrons. The van der Waals surface area contributed by atoms with E-state index >= 15 is 0 Å². The van der Waals surface area contributed by atoms with Crippen molar-refractivity contribution in [1.29, 1.82) is 0 Å². The van der Waals surface area contributed by atoms with E-state index in [1.807, 2.05) is 10.9 Å². The van der Waals surface area contributed by atoms with Crippen molar-refractivity contribution in [3.8, 4) is 11.3 Å². The Hall–Kier alpha value is -2.72. The standard InChI is InChI=1S/C19H23Cl2N9/c1-2-3-15(14(21)8-20)28-19(29-23)17-18(22)25-10-16(27-17)12-9-26-30(11-12)13-4-6-24-7-5-13/h2-3,8-11,13,24H,1,4-7,23H2,(H2,22,25)(H,28,29)/b14-8-,15-3+. The lowest BCUT2D eigenvalue weighted by Gasteiger charge is -2.22. The average molecular weight is 448 g/mol. The van der Waals surface area contributed by atoms with Gasteiger partial charge >= 0.3 is 0 Å². The van der Waals surface area contributed by atoms with Crippen LogP contribution < -0.4 is 22.3 Å². The van der Waals surface area contributed by atoms with Crippen LogP contribution in [0.4, 0.5) is 5.82 Å². The molecule has 0 aromatic carbocycles. The zero-order chi connectivity index (χ0) is 21.5. The van der Waals surface area contributed by atoms with Crippen LogP contribution in [0.1, 0.15) is 24.6 Å². The topological polar surface area (TPSA) is 132 Å². The van der Waals surface area contributed by atoms with E-state index in [1.165, 1.54) is 11.6 Å². The van der Waals surface area contributed by atoms with E-state index in [0.29, 0.717) is 17.4 Å². The normalized spacial score (nSPS) is 16.6. The summed E-state index contributed by atoms with van der Waals surface area (Å²) in [5.41, 5.74) is 11.7. The predicted octanol–water partition coefficient (Wildman–Crippen LogP) is 2.45. The summed E-state index contributed by atoms with van der Waals surface area (Å²) < 4.78 is 1.97. The van der Waals surface area contributed by atoms with Gasteiger partial charge in [0.25, 0.3) is 0 Å². The Bertz CT molecular complexity index is 988. The van der Waals surface area contributed by atoms with E-state index in [4.69, 9.17) is 34.8 Å². The van der Waals surface area contributed by atoms with Gasteiger partial charge in [0.1, 0.15) is 5.69 Å². The fourth-order valence-corrected chi connectivity index (χ4v) is 3.28. The molecule has 3 rings (SSSR count). The minimum Gasteiger partial charge on any atom is -0.382 e. The van der Waals surface area contributed by atoms with Crippen LogP contribution in [0.3, 0.4) is 0 Å². The highest BCUT2D eigenvalue weighted by Crippen LogP contribution is 2.24. The van der Waals surface area contributed by atoms with Crippen LogP contribution in [0.25, 0.3) is 11.3 Å². The summed E-state index contributed by atoms with van der Waals surface area (Å²) >= 11 is 11.8. The summed E-state index contributed by atoms with van der Waals surface area (Å²) in [5, 5.41) is 8.05. The highest BCUT2D eigenvalue weighted by Gasteiger charge is 2.18. The molecule has 0 radical (unpaired) electrons. The van der Waals surface area contributed by atoms with Crippen molar-refractivity contribution in [2.45, 2.75) is 18.9 Å². The summed E-state index contributed by atoms with van der Waals surface area (Å²) in [6.45, 7) is 5.60. The van der Waals surface area contributed by atoms with Gasteiger partial charge in [-0.15, -0.1) is 0 Å². The Balaban J connectivity index is 1.96. The first-order chi connectivity index (χ1) is 14.6. The van der Waals surface area contributed by atoms with Crippen molar-refractivity contribution in [2.24, 2.45) is 10.8 Å². The quantitative estimate of drug-likeness (QED) is 0.175. The number of rotatable bonds is 6. The molecule has 2 aromatic heterocycles. The van der Waals surface area contributed by atoms with Crippen molar-refractivity contribution < 1.29 is 0 Å². The lowest BCUT2D eigenvalue weighted by atomic mass is 10.1. The van der Waals surface area contributed by atoms with E-state index < -0.39 is 0 Å². The number of anilines is 1. The third-order valence-electron chi connectivity index (χ3n) is 4.59. The number of hydrogen-bond acceptors (Lipinski definition) is 7. The van der Waals surface area contributed by atoms with Gasteiger partial charge in [-0.1, -0.05) is 35.9 Å². The molecule has 1 aliphatic rings. The Kier molecular flexibility index (Phi) is 7.58. The molecule has 0 saturated carbocycles. The van der Waals surface area contributed by atoms with Crippen molar-refractivity contribution in [3.63, 3.8) is 0 Å². The summed E-state index contributed by atoms with van der Waals surface area (Å²) in [7, 11) is 0. The molecule has 0 bridgehead atoms. The highest BCUT2D eigenvalue weighted by molar-refractivity contribution is 6.38. The maximum absolute atomic E-state index is 6.10. The van der Waals surface area contributed by atoms with E-state index in [-0.39, 0.29) is 22.4 Å². The van der Waals surface area contributed by atoms with Crippen molar-refractivity contribution >= 4 is 34.9 Å². The smallest absolute Gasteiger partial charge is 0.170 e. The van der Waals surface area contributed by atoms with E-state index in [9.17, 15) is 0 Å². The molecule has 11 heteroatoms. The molecule has 1 fully saturated rings. The van der Waals surface area contributed by atoms with Crippen LogP contribution in [0.2, 0.25) is 0 Å². The molecule has 30 heavy (non-hydrogen) atoms. The first kappa shape index (κ1) is 22.0. The first-order valence-electron chi connectivity index (χ1n) is 9.29. The van der Waals surface area contributed by atoms with Crippen LogP contribution in [0, 0.1) is 0 Å². The van der Waals surface area contributed by atoms with Crippen LogP contribution >= 0.6 is 23.2 Å². The number of nitrogens with zero attached hydrogens (tertiary/aromatic N) is 5. The molecule has 6 N–H and O–H groups in total. The van der Waals surface area contributed by atoms with Gasteiger partial charge in [0, 0.05) is 17.3 Å². The number of hydrazine groups is 1. The summed E-state index contributed by atoms with van der Waals surface area (Å²) in [5.74, 6) is 6.01. The second kappa shape index (κ2) is 10.4. The second-order valence-electron chi connectivity index (χ2n) is 6.53. The van der Waals surface area contributed by atoms with Crippen LogP contribution in [-0.4, -0.2) is 38.7 Å². The monoisotopic (exact) mass is 447 g/mol. The number of nitrogen functional groups attached to an aromatic ring is 1. The molecule has 2 aromatic rings. The summed E-state index contributed by atoms with van der Waals surface area (Å²) in [4.78, 5) is 13.2. The minimum atomic E-state index is 0.158. The lowest BCUT2D eigenvalue weighted by molar-refractivity contribution is 0.343. The maximum Gasteiger partial charge on any atom is 0.170 e. The van der Waals surface area contributed by atoms with Gasteiger partial charge in [-0.05, 0) is 32.0 Å². The third kappa shape index (κ3) is 5.06. The number of nitrogens with one attached hydrogen (secondary N) is 2. The van der Waals surface area contributed by atoms with Gasteiger partial charge in [0.2, 0.25) is 0 Å². The fourth-order valence-electron chi connectivity index (χ4n) is 3.06. The van der Waals surface area contributed by atoms with E-state index in [0.717, 1.165) is 31.5 Å². The summed E-state index contributed by atoms with van der Waals surface area (Å²) in [6.07, 6.45) is 10.5. The maximum atomic E-state index is 6.10. The average Bonchev–Trinajstić information content (AvgIpc) is 3.27. The number of halogens is 2. The Morgan fingerprint density at radius 1 is 1.37 bits per heavy atom. The van der Waals surface area contributed by atoms with E-state index in [2.05, 4.69) is 37.4 Å². The van der Waals surface area contributed by atoms with Crippen LogP contribution in [0.5, 0.6) is 0 Å². The number of amidine groups is 1. The number of aliphatic imine (C=N–C) groups is 1. The molecule has 0 spiro atoms. The molecule has 0 atom stereocenters. The van der Waals surface area contributed by atoms with Gasteiger partial charge in [0.15, 0.2) is 11.7 Å². The molecule has 0 amide bonds. The molecule has 0 unspecified atom stereocenters. The van der Waals surface area contributed by atoms with Gasteiger partial charge in [-0.2, -0.15) is 5.10 Å². The third-order valence-corrected chi connectivity index (χ3v) is 5.22. The Morgan fingerprint density at radius 2 is 2.13 bits per heavy atom. The molecule has 1 saturated heterocycles. The molecular formula is C19H23Cl2N9. The van der Waals surface area contributed by atoms with Crippen molar-refractivity contribution in [2.75, 3.05) is 18.8 Å². The van der Waals surface area contributed by atoms with Crippen molar-refractivity contribution in [1.82, 2.24) is 30.5 Å². The molecule has 1 aliphatic heterocycles. The lowest BCUT2D eigenvalue weighted by Crippen LogP contribution is -2.33. The SMILES string of the molecule is C=C/C=C(N=C(NN)c1nc(-c2cnn(C3CCNCC3)c2)cnc1N)\C(Cl)=C\Cl. The number of aromatic nitrogens is 4. The Morgan fingerprint density at radius 3 is 2.80 bits per heavy atom. The zero-order valence-corrected chi connectivity index (χ0v) is 17.7. The van der Waals surface area contributed by atoms with E-state index in [1.54, 1.807) is 18.5 Å². The number of nitrogens with two attached hydrogens (primary N) is 2. The van der Waals surface area contributed by atoms with Gasteiger partial charge < -0.3 is 16.5 Å². The fraction of sp³-hybridized carbons (Fsp3) is 0.263. The van der Waals surface area contributed by atoms with Crippen LogP contribution in [-0.2, 0) is 0 Å². The minimum absolute atomic E-state index is 0.158. The zero-order valence-electron chi connectivity index (χ0n) is 16.2. The number of allylic oxidation sites excluding steroid dienone is 3. The largest absolute Gasteiger partial charge is 0.382 e. The summed E-state index contributed by atoms with van der Waals surface area (Å²) in [6, 6.07) is 0.361. The molecule has 3 heterocycles. The second-order valence-corrected chi connectivity index (χ2v) is 7.15. The Labute approximate surface area is 184 Å².